The van der Waals surface area contributed by atoms with E-state index < -0.39 is 10.0 Å². The number of benzene rings is 1. The summed E-state index contributed by atoms with van der Waals surface area (Å²) >= 11 is 3.64. The molecule has 142 valence electrons. The van der Waals surface area contributed by atoms with E-state index in [0.717, 1.165) is 36.1 Å². The first-order valence-electron chi connectivity index (χ1n) is 8.00. The SMILES string of the molecule is CN=C(NCCCNS(C)(=O)=O)NCC1(c2ccccc2Br)CC1.I. The maximum absolute atomic E-state index is 11.0. The van der Waals surface area contributed by atoms with Crippen LogP contribution in [-0.4, -0.2) is 47.3 Å². The highest BCUT2D eigenvalue weighted by atomic mass is 127. The van der Waals surface area contributed by atoms with Crippen LogP contribution < -0.4 is 15.4 Å². The Morgan fingerprint density at radius 1 is 1.24 bits per heavy atom. The molecule has 0 spiro atoms. The van der Waals surface area contributed by atoms with E-state index in [0.29, 0.717) is 19.5 Å². The predicted octanol–water partition coefficient (Wildman–Crippen LogP) is 2.20. The highest BCUT2D eigenvalue weighted by Crippen LogP contribution is 2.49. The van der Waals surface area contributed by atoms with Gasteiger partial charge in [-0.1, -0.05) is 34.1 Å². The molecule has 1 aliphatic carbocycles. The van der Waals surface area contributed by atoms with Crippen molar-refractivity contribution in [1.82, 2.24) is 15.4 Å². The molecule has 0 bridgehead atoms. The molecule has 25 heavy (non-hydrogen) atoms. The van der Waals surface area contributed by atoms with Gasteiger partial charge in [0.25, 0.3) is 0 Å². The number of nitrogens with zero attached hydrogens (tertiary/aromatic N) is 1. The highest BCUT2D eigenvalue weighted by molar-refractivity contribution is 14.0. The number of guanidine groups is 1. The van der Waals surface area contributed by atoms with Gasteiger partial charge in [0.05, 0.1) is 6.26 Å². The van der Waals surface area contributed by atoms with Crippen LogP contribution in [0.3, 0.4) is 0 Å². The zero-order chi connectivity index (χ0) is 17.6. The van der Waals surface area contributed by atoms with Crippen LogP contribution in [0.4, 0.5) is 0 Å². The van der Waals surface area contributed by atoms with Crippen molar-refractivity contribution in [2.75, 3.05) is 32.9 Å². The van der Waals surface area contributed by atoms with E-state index in [9.17, 15) is 8.42 Å². The number of hydrogen-bond acceptors (Lipinski definition) is 3. The highest BCUT2D eigenvalue weighted by Gasteiger charge is 2.45. The maximum atomic E-state index is 11.0. The summed E-state index contributed by atoms with van der Waals surface area (Å²) in [6, 6.07) is 8.35. The Hall–Kier alpha value is -0.390. The summed E-state index contributed by atoms with van der Waals surface area (Å²) < 4.78 is 25.6. The fourth-order valence-electron chi connectivity index (χ4n) is 2.61. The van der Waals surface area contributed by atoms with E-state index in [4.69, 9.17) is 0 Å². The van der Waals surface area contributed by atoms with Gasteiger partial charge in [0.2, 0.25) is 10.0 Å². The van der Waals surface area contributed by atoms with Crippen LogP contribution in [-0.2, 0) is 15.4 Å². The summed E-state index contributed by atoms with van der Waals surface area (Å²) in [5.41, 5.74) is 1.51. The van der Waals surface area contributed by atoms with Gasteiger partial charge in [-0.15, -0.1) is 24.0 Å². The van der Waals surface area contributed by atoms with E-state index in [1.54, 1.807) is 7.05 Å². The molecule has 0 aromatic heterocycles. The monoisotopic (exact) mass is 544 g/mol. The summed E-state index contributed by atoms with van der Waals surface area (Å²) in [4.78, 5) is 4.23. The fourth-order valence-corrected chi connectivity index (χ4v) is 3.83. The molecule has 0 saturated heterocycles. The predicted molar refractivity (Wildman–Crippen MR) is 117 cm³/mol. The molecular formula is C16H26BrIN4O2S. The molecule has 0 amide bonds. The lowest BCUT2D eigenvalue weighted by molar-refractivity contribution is 0.584. The van der Waals surface area contributed by atoms with Crippen LogP contribution in [0.1, 0.15) is 24.8 Å². The van der Waals surface area contributed by atoms with Gasteiger partial charge in [-0.05, 0) is 30.9 Å². The van der Waals surface area contributed by atoms with Gasteiger partial charge in [-0.3, -0.25) is 4.99 Å². The largest absolute Gasteiger partial charge is 0.356 e. The quantitative estimate of drug-likeness (QED) is 0.203. The molecule has 0 atom stereocenters. The van der Waals surface area contributed by atoms with E-state index >= 15 is 0 Å². The molecular weight excluding hydrogens is 519 g/mol. The molecule has 9 heteroatoms. The van der Waals surface area contributed by atoms with Crippen LogP contribution in [0.15, 0.2) is 33.7 Å². The first kappa shape index (κ1) is 22.7. The smallest absolute Gasteiger partial charge is 0.208 e. The van der Waals surface area contributed by atoms with Gasteiger partial charge >= 0.3 is 0 Å². The van der Waals surface area contributed by atoms with Crippen LogP contribution in [0.5, 0.6) is 0 Å². The van der Waals surface area contributed by atoms with Gasteiger partial charge in [-0.25, -0.2) is 13.1 Å². The number of aliphatic imine (C=N–C) groups is 1. The second kappa shape index (κ2) is 10.1. The van der Waals surface area contributed by atoms with Crippen molar-refractivity contribution in [2.45, 2.75) is 24.7 Å². The van der Waals surface area contributed by atoms with Gasteiger partial charge in [0.1, 0.15) is 0 Å². The minimum Gasteiger partial charge on any atom is -0.356 e. The van der Waals surface area contributed by atoms with Crippen LogP contribution in [0.25, 0.3) is 0 Å². The topological polar surface area (TPSA) is 82.6 Å². The van der Waals surface area contributed by atoms with Crippen LogP contribution in [0, 0.1) is 0 Å². The summed E-state index contributed by atoms with van der Waals surface area (Å²) in [6.07, 6.45) is 4.19. The number of nitrogens with one attached hydrogen (secondary N) is 3. The standard InChI is InChI=1S/C16H25BrN4O2S.HI/c1-18-15(19-10-5-11-21-24(2,22)23)20-12-16(8-9-16)13-6-3-4-7-14(13)17;/h3-4,6-7,21H,5,8-12H2,1-2H3,(H2,18,19,20);1H. The van der Waals surface area contributed by atoms with Crippen molar-refractivity contribution in [3.63, 3.8) is 0 Å². The Bertz CT molecular complexity index is 693. The third kappa shape index (κ3) is 7.40. The van der Waals surface area contributed by atoms with Crippen LogP contribution >= 0.6 is 39.9 Å². The molecule has 6 nitrogen and oxygen atoms in total. The zero-order valence-electron chi connectivity index (χ0n) is 14.5. The minimum atomic E-state index is -3.11. The second-order valence-corrected chi connectivity index (χ2v) is 8.82. The molecule has 1 aromatic carbocycles. The summed E-state index contributed by atoms with van der Waals surface area (Å²) in [7, 11) is -1.38. The molecule has 1 aliphatic rings. The number of rotatable bonds is 8. The first-order chi connectivity index (χ1) is 11.4. The van der Waals surface area contributed by atoms with Gasteiger partial charge in [-0.2, -0.15) is 0 Å². The lowest BCUT2D eigenvalue weighted by Crippen LogP contribution is -2.42. The normalized spacial score (nSPS) is 16.0. The molecule has 0 unspecified atom stereocenters. The molecule has 2 rings (SSSR count). The average Bonchev–Trinajstić information content (AvgIpc) is 3.30. The van der Waals surface area contributed by atoms with E-state index in [-0.39, 0.29) is 29.4 Å². The van der Waals surface area contributed by atoms with Crippen molar-refractivity contribution < 1.29 is 8.42 Å². The van der Waals surface area contributed by atoms with Crippen molar-refractivity contribution in [2.24, 2.45) is 4.99 Å². The summed E-state index contributed by atoms with van der Waals surface area (Å²) in [5.74, 6) is 0.743. The van der Waals surface area contributed by atoms with Crippen LogP contribution in [0.2, 0.25) is 0 Å². The molecule has 1 fully saturated rings. The molecule has 0 radical (unpaired) electrons. The summed E-state index contributed by atoms with van der Waals surface area (Å²) in [6.45, 7) is 1.91. The second-order valence-electron chi connectivity index (χ2n) is 6.13. The van der Waals surface area contributed by atoms with Gasteiger partial charge in [0, 0.05) is 36.6 Å². The fraction of sp³-hybridized carbons (Fsp3) is 0.562. The van der Waals surface area contributed by atoms with Crippen molar-refractivity contribution >= 4 is 55.9 Å². The molecule has 0 aliphatic heterocycles. The number of hydrogen-bond donors (Lipinski definition) is 3. The molecule has 0 heterocycles. The lowest BCUT2D eigenvalue weighted by Gasteiger charge is -2.20. The number of halogens is 2. The Balaban J connectivity index is 0.00000312. The average molecular weight is 545 g/mol. The lowest BCUT2D eigenvalue weighted by atomic mass is 9.96. The van der Waals surface area contributed by atoms with E-state index in [2.05, 4.69) is 54.5 Å². The zero-order valence-corrected chi connectivity index (χ0v) is 19.2. The molecule has 3 N–H and O–H groups in total. The minimum absolute atomic E-state index is 0. The van der Waals surface area contributed by atoms with Crippen molar-refractivity contribution in [3.8, 4) is 0 Å². The first-order valence-corrected chi connectivity index (χ1v) is 10.7. The van der Waals surface area contributed by atoms with E-state index in [1.807, 2.05) is 6.07 Å². The van der Waals surface area contributed by atoms with Crippen molar-refractivity contribution in [1.29, 1.82) is 0 Å². The Kier molecular flexibility index (Phi) is 9.13. The van der Waals surface area contributed by atoms with Crippen molar-refractivity contribution in [3.05, 3.63) is 34.3 Å². The van der Waals surface area contributed by atoms with Gasteiger partial charge < -0.3 is 10.6 Å². The third-order valence-electron chi connectivity index (χ3n) is 4.13. The Morgan fingerprint density at radius 2 is 1.92 bits per heavy atom. The third-order valence-corrected chi connectivity index (χ3v) is 5.55. The number of sulfonamides is 1. The molecule has 1 saturated carbocycles. The Morgan fingerprint density at radius 3 is 2.48 bits per heavy atom. The summed E-state index contributed by atoms with van der Waals surface area (Å²) in [5, 5.41) is 6.60. The van der Waals surface area contributed by atoms with E-state index in [1.165, 1.54) is 5.56 Å². The molecule has 1 aromatic rings. The maximum Gasteiger partial charge on any atom is 0.208 e. The van der Waals surface area contributed by atoms with Gasteiger partial charge in [0.15, 0.2) is 5.96 Å². The Labute approximate surface area is 175 Å².